The number of ether oxygens (including phenoxy) is 1. The van der Waals surface area contributed by atoms with Crippen molar-refractivity contribution in [2.45, 2.75) is 19.6 Å². The summed E-state index contributed by atoms with van der Waals surface area (Å²) in [6.45, 7) is 2.00. The van der Waals surface area contributed by atoms with Crippen LogP contribution < -0.4 is 5.32 Å². The number of carbonyl (C=O) groups is 2. The van der Waals surface area contributed by atoms with Gasteiger partial charge in [-0.25, -0.2) is 4.79 Å². The minimum absolute atomic E-state index is 0.305. The molecule has 1 amide bonds. The first kappa shape index (κ1) is 15.5. The van der Waals surface area contributed by atoms with E-state index >= 15 is 0 Å². The second-order valence-corrected chi connectivity index (χ2v) is 6.08. The molecule has 1 atom stereocenters. The number of hydrogen-bond acceptors (Lipinski definition) is 5. The standard InChI is InChI=1S/C15H15NO3S2/c1-11(15(18)16-9-13-3-2-7-21-13)19-14(17)5-4-12-6-8-20-10-12/h2-8,10-11H,9H2,1H3,(H,16,18)/b5-4+/t11-/m0/s1. The van der Waals surface area contributed by atoms with E-state index in [0.29, 0.717) is 6.54 Å². The fourth-order valence-electron chi connectivity index (χ4n) is 1.53. The van der Waals surface area contributed by atoms with Crippen LogP contribution in [0.2, 0.25) is 0 Å². The average molecular weight is 321 g/mol. The highest BCUT2D eigenvalue weighted by atomic mass is 32.1. The Morgan fingerprint density at radius 1 is 1.38 bits per heavy atom. The molecule has 0 bridgehead atoms. The van der Waals surface area contributed by atoms with E-state index in [4.69, 9.17) is 4.74 Å². The Hall–Kier alpha value is -1.92. The Morgan fingerprint density at radius 2 is 2.24 bits per heavy atom. The minimum atomic E-state index is -0.815. The van der Waals surface area contributed by atoms with Crippen molar-refractivity contribution in [3.05, 3.63) is 50.9 Å². The second-order valence-electron chi connectivity index (χ2n) is 4.27. The lowest BCUT2D eigenvalue weighted by Crippen LogP contribution is -2.34. The molecule has 0 saturated carbocycles. The summed E-state index contributed by atoms with van der Waals surface area (Å²) in [5.74, 6) is -0.833. The Labute approximate surface area is 131 Å². The van der Waals surface area contributed by atoms with E-state index in [9.17, 15) is 9.59 Å². The molecule has 0 aliphatic heterocycles. The first-order valence-corrected chi connectivity index (χ1v) is 8.18. The van der Waals surface area contributed by atoms with Crippen LogP contribution in [0.3, 0.4) is 0 Å². The molecule has 2 rings (SSSR count). The van der Waals surface area contributed by atoms with E-state index in [1.807, 2.05) is 34.3 Å². The number of hydrogen-bond donors (Lipinski definition) is 1. The van der Waals surface area contributed by atoms with Gasteiger partial charge in [-0.1, -0.05) is 6.07 Å². The highest BCUT2D eigenvalue weighted by molar-refractivity contribution is 7.09. The molecule has 0 aromatic carbocycles. The molecule has 2 aromatic heterocycles. The van der Waals surface area contributed by atoms with Gasteiger partial charge in [-0.3, -0.25) is 4.79 Å². The lowest BCUT2D eigenvalue weighted by molar-refractivity contribution is -0.150. The van der Waals surface area contributed by atoms with Crippen LogP contribution in [0.4, 0.5) is 0 Å². The largest absolute Gasteiger partial charge is 0.449 e. The van der Waals surface area contributed by atoms with Gasteiger partial charge in [0.25, 0.3) is 5.91 Å². The molecule has 2 heterocycles. The lowest BCUT2D eigenvalue weighted by Gasteiger charge is -2.11. The summed E-state index contributed by atoms with van der Waals surface area (Å²) in [5.41, 5.74) is 0.937. The summed E-state index contributed by atoms with van der Waals surface area (Å²) in [6.07, 6.45) is 2.17. The maximum atomic E-state index is 11.8. The zero-order valence-corrected chi connectivity index (χ0v) is 13.1. The molecule has 0 aliphatic carbocycles. The van der Waals surface area contributed by atoms with Crippen LogP contribution in [0.5, 0.6) is 0 Å². The molecule has 0 radical (unpaired) electrons. The van der Waals surface area contributed by atoms with Crippen molar-refractivity contribution in [1.82, 2.24) is 5.32 Å². The van der Waals surface area contributed by atoms with E-state index < -0.39 is 12.1 Å². The minimum Gasteiger partial charge on any atom is -0.449 e. The third-order valence-corrected chi connectivity index (χ3v) is 4.21. The van der Waals surface area contributed by atoms with Crippen molar-refractivity contribution in [2.24, 2.45) is 0 Å². The van der Waals surface area contributed by atoms with Gasteiger partial charge in [0, 0.05) is 11.0 Å². The number of thiophene rings is 2. The third kappa shape index (κ3) is 5.17. The Balaban J connectivity index is 1.76. The number of esters is 1. The third-order valence-electron chi connectivity index (χ3n) is 2.63. The highest BCUT2D eigenvalue weighted by Gasteiger charge is 2.16. The fourth-order valence-corrected chi connectivity index (χ4v) is 2.81. The van der Waals surface area contributed by atoms with Gasteiger partial charge in [0.2, 0.25) is 0 Å². The van der Waals surface area contributed by atoms with Crippen molar-refractivity contribution in [2.75, 3.05) is 0 Å². The van der Waals surface area contributed by atoms with Gasteiger partial charge in [-0.2, -0.15) is 11.3 Å². The first-order valence-electron chi connectivity index (χ1n) is 6.36. The van der Waals surface area contributed by atoms with E-state index in [1.54, 1.807) is 35.7 Å². The number of nitrogens with one attached hydrogen (secondary N) is 1. The van der Waals surface area contributed by atoms with E-state index in [2.05, 4.69) is 5.32 Å². The van der Waals surface area contributed by atoms with Crippen LogP contribution in [0.25, 0.3) is 6.08 Å². The van der Waals surface area contributed by atoms with Gasteiger partial charge in [0.05, 0.1) is 6.54 Å². The normalized spacial score (nSPS) is 12.2. The smallest absolute Gasteiger partial charge is 0.331 e. The second kappa shape index (κ2) is 7.75. The summed E-state index contributed by atoms with van der Waals surface area (Å²) in [6, 6.07) is 5.75. The molecule has 0 saturated heterocycles. The molecule has 4 nitrogen and oxygen atoms in total. The summed E-state index contributed by atoms with van der Waals surface area (Å²) >= 11 is 3.11. The van der Waals surface area contributed by atoms with Gasteiger partial charge in [0.1, 0.15) is 0 Å². The van der Waals surface area contributed by atoms with Gasteiger partial charge >= 0.3 is 5.97 Å². The van der Waals surface area contributed by atoms with Crippen LogP contribution in [0.1, 0.15) is 17.4 Å². The summed E-state index contributed by atoms with van der Waals surface area (Å²) in [7, 11) is 0. The zero-order chi connectivity index (χ0) is 15.1. The summed E-state index contributed by atoms with van der Waals surface area (Å²) < 4.78 is 5.05. The summed E-state index contributed by atoms with van der Waals surface area (Å²) in [4.78, 5) is 24.5. The topological polar surface area (TPSA) is 55.4 Å². The molecule has 0 fully saturated rings. The van der Waals surface area contributed by atoms with Crippen molar-refractivity contribution >= 4 is 40.6 Å². The van der Waals surface area contributed by atoms with E-state index in [0.717, 1.165) is 10.4 Å². The van der Waals surface area contributed by atoms with Crippen LogP contribution >= 0.6 is 22.7 Å². The monoisotopic (exact) mass is 321 g/mol. The predicted molar refractivity (Wildman–Crippen MR) is 85.1 cm³/mol. The van der Waals surface area contributed by atoms with Crippen LogP contribution in [-0.4, -0.2) is 18.0 Å². The maximum Gasteiger partial charge on any atom is 0.331 e. The molecular weight excluding hydrogens is 306 g/mol. The SMILES string of the molecule is C[C@H](OC(=O)/C=C/c1ccsc1)C(=O)NCc1cccs1. The predicted octanol–water partition coefficient (Wildman–Crippen LogP) is 3.07. The highest BCUT2D eigenvalue weighted by Crippen LogP contribution is 2.09. The summed E-state index contributed by atoms with van der Waals surface area (Å²) in [5, 5.41) is 8.52. The molecule has 0 spiro atoms. The van der Waals surface area contributed by atoms with Gasteiger partial charge in [0.15, 0.2) is 6.10 Å². The maximum absolute atomic E-state index is 11.8. The molecule has 21 heavy (non-hydrogen) atoms. The van der Waals surface area contributed by atoms with E-state index in [-0.39, 0.29) is 5.91 Å². The Morgan fingerprint density at radius 3 is 2.90 bits per heavy atom. The average Bonchev–Trinajstić information content (AvgIpc) is 3.15. The van der Waals surface area contributed by atoms with Crippen molar-refractivity contribution in [3.63, 3.8) is 0 Å². The molecule has 0 aliphatic rings. The van der Waals surface area contributed by atoms with Gasteiger partial charge in [-0.15, -0.1) is 11.3 Å². The van der Waals surface area contributed by atoms with Crippen molar-refractivity contribution in [3.8, 4) is 0 Å². The zero-order valence-electron chi connectivity index (χ0n) is 11.4. The lowest BCUT2D eigenvalue weighted by atomic mass is 10.3. The van der Waals surface area contributed by atoms with Crippen LogP contribution in [0, 0.1) is 0 Å². The molecule has 1 N–H and O–H groups in total. The van der Waals surface area contributed by atoms with Crippen LogP contribution in [-0.2, 0) is 20.9 Å². The van der Waals surface area contributed by atoms with Crippen LogP contribution in [0.15, 0.2) is 40.4 Å². The molecule has 110 valence electrons. The molecule has 2 aromatic rings. The Kier molecular flexibility index (Phi) is 5.71. The fraction of sp³-hybridized carbons (Fsp3) is 0.200. The quantitative estimate of drug-likeness (QED) is 0.657. The van der Waals surface area contributed by atoms with Gasteiger partial charge in [-0.05, 0) is 46.8 Å². The molecule has 6 heteroatoms. The number of carbonyl (C=O) groups excluding carboxylic acids is 2. The first-order chi connectivity index (χ1) is 10.1. The molecule has 0 unspecified atom stereocenters. The van der Waals surface area contributed by atoms with Crippen molar-refractivity contribution in [1.29, 1.82) is 0 Å². The number of amides is 1. The van der Waals surface area contributed by atoms with Gasteiger partial charge < -0.3 is 10.1 Å². The number of rotatable bonds is 6. The van der Waals surface area contributed by atoms with E-state index in [1.165, 1.54) is 6.08 Å². The Bertz CT molecular complexity index is 603. The molecular formula is C15H15NO3S2. The van der Waals surface area contributed by atoms with Crippen molar-refractivity contribution < 1.29 is 14.3 Å².